The van der Waals surface area contributed by atoms with Gasteiger partial charge in [-0.25, -0.2) is 13.8 Å². The van der Waals surface area contributed by atoms with Crippen molar-refractivity contribution in [3.63, 3.8) is 0 Å². The largest absolute Gasteiger partial charge is 0.475 e. The van der Waals surface area contributed by atoms with E-state index in [1.807, 2.05) is 19.9 Å². The fraction of sp³-hybridized carbons (Fsp3) is 0.400. The van der Waals surface area contributed by atoms with Crippen molar-refractivity contribution in [3.8, 4) is 23.1 Å². The molecule has 7 rings (SSSR count). The van der Waals surface area contributed by atoms with Gasteiger partial charge in [-0.05, 0) is 76.4 Å². The second-order valence-corrected chi connectivity index (χ2v) is 13.3. The van der Waals surface area contributed by atoms with Crippen LogP contribution in [-0.4, -0.2) is 79.5 Å². The Morgan fingerprint density at radius 1 is 1.17 bits per heavy atom. The molecule has 2 fully saturated rings. The van der Waals surface area contributed by atoms with Crippen molar-refractivity contribution < 1.29 is 18.3 Å². The Morgan fingerprint density at radius 2 is 1.98 bits per heavy atom. The first-order valence-corrected chi connectivity index (χ1v) is 16.4. The highest BCUT2D eigenvalue weighted by atomic mass is 35.5. The second-order valence-electron chi connectivity index (χ2n) is 12.9. The molecule has 2 aliphatic rings. The number of likely N-dealkylation sites (N-methyl/N-ethyl adjacent to an activating group) is 1. The lowest BCUT2D eigenvalue weighted by atomic mass is 9.92. The summed E-state index contributed by atoms with van der Waals surface area (Å²) < 4.78 is 39.2. The number of aromatic amines is 1. The molecular formula is C35H35ClF2N8O2. The number of halogens is 3. The number of likely N-dealkylation sites (tertiary alicyclic amines) is 2. The number of hydrogen-bond donors (Lipinski definition) is 1. The quantitative estimate of drug-likeness (QED) is 0.186. The van der Waals surface area contributed by atoms with Crippen LogP contribution in [0.2, 0.25) is 5.02 Å². The third-order valence-electron chi connectivity index (χ3n) is 10.1. The van der Waals surface area contributed by atoms with Gasteiger partial charge >= 0.3 is 0 Å². The Balaban J connectivity index is 1.41. The molecule has 3 atom stereocenters. The SMILES string of the molecule is C=C(F)C(=O)N1CC[C@H](n2ncc3c(OC[C@@H]4CCCN4C)nc4c(F)c(-c5c(C)c(C)cc6[nH]ncc56)c(Cl)cc4c32)C[C@H]1CC#N. The third-order valence-corrected chi connectivity index (χ3v) is 10.4. The van der Waals surface area contributed by atoms with Gasteiger partial charge in [-0.1, -0.05) is 18.2 Å². The molecule has 13 heteroatoms. The first kappa shape index (κ1) is 32.0. The molecule has 2 aromatic carbocycles. The topological polar surface area (TPSA) is 116 Å². The maximum absolute atomic E-state index is 17.1. The molecule has 1 amide bonds. The average Bonchev–Trinajstić information content (AvgIpc) is 3.82. The smallest absolute Gasteiger partial charge is 0.282 e. The lowest BCUT2D eigenvalue weighted by molar-refractivity contribution is -0.132. The Bertz CT molecular complexity index is 2150. The first-order valence-electron chi connectivity index (χ1n) is 16.1. The number of nitrogens with zero attached hydrogens (tertiary/aromatic N) is 7. The molecule has 10 nitrogen and oxygen atoms in total. The van der Waals surface area contributed by atoms with Gasteiger partial charge in [0, 0.05) is 40.5 Å². The van der Waals surface area contributed by atoms with Gasteiger partial charge in [0.1, 0.15) is 12.1 Å². The van der Waals surface area contributed by atoms with Crippen LogP contribution in [-0.2, 0) is 4.79 Å². The van der Waals surface area contributed by atoms with Crippen molar-refractivity contribution in [2.75, 3.05) is 26.7 Å². The number of H-pyrrole nitrogens is 1. The number of ether oxygens (including phenoxy) is 1. The van der Waals surface area contributed by atoms with Crippen LogP contribution >= 0.6 is 11.6 Å². The van der Waals surface area contributed by atoms with Crippen molar-refractivity contribution in [3.05, 3.63) is 58.9 Å². The van der Waals surface area contributed by atoms with Crippen LogP contribution in [0.3, 0.4) is 0 Å². The van der Waals surface area contributed by atoms with Crippen LogP contribution in [0.4, 0.5) is 8.78 Å². The van der Waals surface area contributed by atoms with Crippen LogP contribution < -0.4 is 4.74 Å². The fourth-order valence-electron chi connectivity index (χ4n) is 7.45. The van der Waals surface area contributed by atoms with Crippen molar-refractivity contribution in [2.45, 2.75) is 64.1 Å². The molecule has 0 saturated carbocycles. The zero-order chi connectivity index (χ0) is 33.9. The summed E-state index contributed by atoms with van der Waals surface area (Å²) in [6.07, 6.45) is 6.17. The Labute approximate surface area is 280 Å². The van der Waals surface area contributed by atoms with Gasteiger partial charge in [0.2, 0.25) is 5.88 Å². The normalized spacial score (nSPS) is 20.2. The van der Waals surface area contributed by atoms with Gasteiger partial charge in [0.25, 0.3) is 5.91 Å². The summed E-state index contributed by atoms with van der Waals surface area (Å²) >= 11 is 7.00. The van der Waals surface area contributed by atoms with Crippen molar-refractivity contribution in [1.29, 1.82) is 5.26 Å². The van der Waals surface area contributed by atoms with Crippen LogP contribution in [0.15, 0.2) is 36.9 Å². The number of piperidine rings is 1. The molecule has 1 N–H and O–H groups in total. The van der Waals surface area contributed by atoms with Crippen molar-refractivity contribution in [2.24, 2.45) is 0 Å². The highest BCUT2D eigenvalue weighted by Crippen LogP contribution is 2.44. The average molecular weight is 673 g/mol. The molecule has 2 aliphatic heterocycles. The number of aryl methyl sites for hydroxylation is 1. The predicted octanol–water partition coefficient (Wildman–Crippen LogP) is 6.94. The number of amides is 1. The van der Waals surface area contributed by atoms with Gasteiger partial charge in [0.05, 0.1) is 52.4 Å². The minimum Gasteiger partial charge on any atom is -0.475 e. The van der Waals surface area contributed by atoms with Crippen LogP contribution in [0.25, 0.3) is 43.8 Å². The lowest BCUT2D eigenvalue weighted by Gasteiger charge is -2.38. The molecule has 3 aromatic heterocycles. The highest BCUT2D eigenvalue weighted by molar-refractivity contribution is 6.35. The number of benzene rings is 2. The molecule has 0 bridgehead atoms. The Morgan fingerprint density at radius 3 is 2.71 bits per heavy atom. The summed E-state index contributed by atoms with van der Waals surface area (Å²) in [4.78, 5) is 21.0. The molecule has 0 spiro atoms. The molecule has 0 radical (unpaired) electrons. The molecule has 5 aromatic rings. The molecular weight excluding hydrogens is 638 g/mol. The first-order chi connectivity index (χ1) is 23.1. The molecule has 2 saturated heterocycles. The lowest BCUT2D eigenvalue weighted by Crippen LogP contribution is -2.46. The number of nitriles is 1. The molecule has 0 aliphatic carbocycles. The second kappa shape index (κ2) is 12.5. The van der Waals surface area contributed by atoms with E-state index in [0.29, 0.717) is 41.3 Å². The summed E-state index contributed by atoms with van der Waals surface area (Å²) in [6, 6.07) is 5.18. The van der Waals surface area contributed by atoms with E-state index in [1.54, 1.807) is 23.1 Å². The van der Waals surface area contributed by atoms with E-state index in [9.17, 15) is 14.4 Å². The number of carbonyl (C=O) groups excluding carboxylic acids is 1. The molecule has 0 unspecified atom stereocenters. The molecule has 48 heavy (non-hydrogen) atoms. The Hall–Kier alpha value is -4.60. The van der Waals surface area contributed by atoms with Crippen molar-refractivity contribution >= 4 is 50.2 Å². The zero-order valence-electron chi connectivity index (χ0n) is 27.0. The van der Waals surface area contributed by atoms with Crippen LogP contribution in [0, 0.1) is 31.0 Å². The van der Waals surface area contributed by atoms with Gasteiger partial charge in [-0.15, -0.1) is 0 Å². The van der Waals surface area contributed by atoms with E-state index in [-0.39, 0.29) is 47.0 Å². The number of hydrogen-bond acceptors (Lipinski definition) is 7. The number of nitrogens with one attached hydrogen (secondary N) is 1. The summed E-state index contributed by atoms with van der Waals surface area (Å²) in [5, 5.41) is 23.5. The maximum atomic E-state index is 17.1. The number of pyridine rings is 1. The van der Waals surface area contributed by atoms with E-state index in [1.165, 1.54) is 4.90 Å². The van der Waals surface area contributed by atoms with Gasteiger partial charge in [-0.2, -0.15) is 15.5 Å². The van der Waals surface area contributed by atoms with E-state index < -0.39 is 23.6 Å². The van der Waals surface area contributed by atoms with E-state index in [2.05, 4.69) is 34.8 Å². The number of fused-ring (bicyclic) bond motifs is 4. The standard InChI is InChI=1S/C35H35ClF2N8O2/c1-18-12-28-25(15-40-43-28)29(19(18)2)30-27(36)14-24-32(31(30)38)42-34(48-17-23-6-5-10-44(23)4)26-16-41-46(33(24)26)22-8-11-45(35(47)20(3)37)21(13-22)7-9-39/h12,14-16,21-23H,3,5-8,10-11,13,17H2,1-2,4H3,(H,40,43)/t21-,22+,23+/m1/s1. The predicted molar refractivity (Wildman–Crippen MR) is 180 cm³/mol. The van der Waals surface area contributed by atoms with Crippen LogP contribution in [0.5, 0.6) is 5.88 Å². The highest BCUT2D eigenvalue weighted by Gasteiger charge is 2.35. The minimum absolute atomic E-state index is 0.0163. The van der Waals surface area contributed by atoms with E-state index in [0.717, 1.165) is 41.4 Å². The van der Waals surface area contributed by atoms with Gasteiger partial charge in [0.15, 0.2) is 11.6 Å². The van der Waals surface area contributed by atoms with Crippen LogP contribution in [0.1, 0.15) is 49.3 Å². The zero-order valence-corrected chi connectivity index (χ0v) is 27.7. The summed E-state index contributed by atoms with van der Waals surface area (Å²) in [5.41, 5.74) is 4.14. The number of rotatable bonds is 7. The van der Waals surface area contributed by atoms with E-state index >= 15 is 4.39 Å². The minimum atomic E-state index is -1.06. The fourth-order valence-corrected chi connectivity index (χ4v) is 7.74. The number of aromatic nitrogens is 5. The third kappa shape index (κ3) is 5.25. The van der Waals surface area contributed by atoms with E-state index in [4.69, 9.17) is 26.4 Å². The summed E-state index contributed by atoms with van der Waals surface area (Å²) in [6.45, 7) is 8.61. The molecule has 5 heterocycles. The molecule has 248 valence electrons. The van der Waals surface area contributed by atoms with Gasteiger partial charge in [-0.3, -0.25) is 14.6 Å². The van der Waals surface area contributed by atoms with Gasteiger partial charge < -0.3 is 14.5 Å². The number of carbonyl (C=O) groups is 1. The summed E-state index contributed by atoms with van der Waals surface area (Å²) in [7, 11) is 2.06. The monoisotopic (exact) mass is 672 g/mol. The Kier molecular flexibility index (Phi) is 8.29. The van der Waals surface area contributed by atoms with Crippen molar-refractivity contribution in [1.82, 2.24) is 34.8 Å². The maximum Gasteiger partial charge on any atom is 0.282 e. The summed E-state index contributed by atoms with van der Waals surface area (Å²) in [5.74, 6) is -2.21.